The maximum absolute atomic E-state index is 13.0. The predicted octanol–water partition coefficient (Wildman–Crippen LogP) is 4.27. The molecule has 140 valence electrons. The fourth-order valence-electron chi connectivity index (χ4n) is 3.31. The molecule has 1 saturated heterocycles. The van der Waals surface area contributed by atoms with Crippen LogP contribution in [-0.2, 0) is 21.4 Å². The highest BCUT2D eigenvalue weighted by molar-refractivity contribution is 7.89. The van der Waals surface area contributed by atoms with Gasteiger partial charge in [0.05, 0.1) is 18.1 Å². The summed E-state index contributed by atoms with van der Waals surface area (Å²) in [7, 11) is -3.53. The molecule has 0 amide bonds. The van der Waals surface area contributed by atoms with Crippen molar-refractivity contribution >= 4 is 21.6 Å². The summed E-state index contributed by atoms with van der Waals surface area (Å²) in [4.78, 5) is 0.302. The van der Waals surface area contributed by atoms with E-state index < -0.39 is 10.0 Å². The summed E-state index contributed by atoms with van der Waals surface area (Å²) < 4.78 is 33.5. The van der Waals surface area contributed by atoms with Crippen LogP contribution in [0.4, 0.5) is 0 Å². The first kappa shape index (κ1) is 19.4. The van der Waals surface area contributed by atoms with Gasteiger partial charge in [-0.2, -0.15) is 4.31 Å². The Morgan fingerprint density at radius 1 is 1.15 bits per heavy atom. The molecule has 0 N–H and O–H groups in total. The topological polar surface area (TPSA) is 46.6 Å². The number of hydrogen-bond acceptors (Lipinski definition) is 3. The number of benzene rings is 2. The van der Waals surface area contributed by atoms with E-state index in [2.05, 4.69) is 0 Å². The third-order valence-corrected chi connectivity index (χ3v) is 7.20. The van der Waals surface area contributed by atoms with E-state index in [1.54, 1.807) is 29.4 Å². The summed E-state index contributed by atoms with van der Waals surface area (Å²) in [5, 5.41) is 0.478. The molecule has 0 saturated carbocycles. The van der Waals surface area contributed by atoms with Crippen molar-refractivity contribution < 1.29 is 13.2 Å². The third-order valence-electron chi connectivity index (χ3n) is 4.78. The lowest BCUT2D eigenvalue weighted by Crippen LogP contribution is -2.41. The van der Waals surface area contributed by atoms with Crippen molar-refractivity contribution in [3.05, 3.63) is 64.7 Å². The molecule has 1 fully saturated rings. The van der Waals surface area contributed by atoms with Gasteiger partial charge in [0.25, 0.3) is 0 Å². The Kier molecular flexibility index (Phi) is 6.35. The predicted molar refractivity (Wildman–Crippen MR) is 104 cm³/mol. The molecular weight excluding hydrogens is 370 g/mol. The first-order chi connectivity index (χ1) is 12.5. The van der Waals surface area contributed by atoms with Crippen molar-refractivity contribution in [1.29, 1.82) is 0 Å². The fourth-order valence-corrected chi connectivity index (χ4v) is 5.34. The molecule has 0 aromatic heterocycles. The minimum Gasteiger partial charge on any atom is -0.376 e. The molecule has 1 atom stereocenters. The highest BCUT2D eigenvalue weighted by atomic mass is 35.5. The lowest BCUT2D eigenvalue weighted by Gasteiger charge is -2.32. The van der Waals surface area contributed by atoms with Crippen molar-refractivity contribution in [2.75, 3.05) is 19.7 Å². The number of hydrogen-bond donors (Lipinski definition) is 0. The van der Waals surface area contributed by atoms with Gasteiger partial charge in [-0.05, 0) is 48.9 Å². The number of piperidine rings is 1. The number of rotatable bonds is 6. The van der Waals surface area contributed by atoms with Crippen LogP contribution in [0.25, 0.3) is 0 Å². The quantitative estimate of drug-likeness (QED) is 0.736. The van der Waals surface area contributed by atoms with E-state index >= 15 is 0 Å². The average Bonchev–Trinajstić information content (AvgIpc) is 2.65. The van der Waals surface area contributed by atoms with Gasteiger partial charge in [-0.3, -0.25) is 0 Å². The largest absolute Gasteiger partial charge is 0.376 e. The molecule has 2 aromatic carbocycles. The second kappa shape index (κ2) is 8.53. The molecular formula is C20H24ClNO3S. The second-order valence-electron chi connectivity index (χ2n) is 6.74. The smallest absolute Gasteiger partial charge is 0.243 e. The molecule has 1 unspecified atom stereocenters. The SMILES string of the molecule is Cc1c(Cl)cccc1S(=O)(=O)N1CCCC(COCc2ccccc2)C1. The van der Waals surface area contributed by atoms with Crippen molar-refractivity contribution in [2.24, 2.45) is 5.92 Å². The first-order valence-electron chi connectivity index (χ1n) is 8.85. The van der Waals surface area contributed by atoms with Crippen molar-refractivity contribution in [3.8, 4) is 0 Å². The van der Waals surface area contributed by atoms with E-state index in [0.29, 0.717) is 41.8 Å². The Labute approximate surface area is 160 Å². The molecule has 3 rings (SSSR count). The Morgan fingerprint density at radius 3 is 2.69 bits per heavy atom. The maximum Gasteiger partial charge on any atom is 0.243 e. The molecule has 0 aliphatic carbocycles. The molecule has 2 aromatic rings. The number of halogens is 1. The molecule has 1 aliphatic rings. The summed E-state index contributed by atoms with van der Waals surface area (Å²) in [5.41, 5.74) is 1.74. The van der Waals surface area contributed by atoms with Crippen LogP contribution in [0.5, 0.6) is 0 Å². The van der Waals surface area contributed by atoms with E-state index in [1.165, 1.54) is 0 Å². The molecule has 26 heavy (non-hydrogen) atoms. The van der Waals surface area contributed by atoms with Crippen LogP contribution in [0.2, 0.25) is 5.02 Å². The molecule has 0 bridgehead atoms. The Morgan fingerprint density at radius 2 is 1.92 bits per heavy atom. The molecule has 0 radical (unpaired) electrons. The van der Waals surface area contributed by atoms with Crippen LogP contribution in [-0.4, -0.2) is 32.4 Å². The number of sulfonamides is 1. The lowest BCUT2D eigenvalue weighted by molar-refractivity contribution is 0.0672. The zero-order valence-corrected chi connectivity index (χ0v) is 16.5. The monoisotopic (exact) mass is 393 g/mol. The van der Waals surface area contributed by atoms with Crippen LogP contribution < -0.4 is 0 Å². The molecule has 4 nitrogen and oxygen atoms in total. The zero-order valence-electron chi connectivity index (χ0n) is 14.9. The molecule has 1 aliphatic heterocycles. The van der Waals surface area contributed by atoms with E-state index in [4.69, 9.17) is 16.3 Å². The summed E-state index contributed by atoms with van der Waals surface area (Å²) in [5.74, 6) is 0.210. The third kappa shape index (κ3) is 4.46. The van der Waals surface area contributed by atoms with E-state index in [9.17, 15) is 8.42 Å². The Hall–Kier alpha value is -1.40. The van der Waals surface area contributed by atoms with Gasteiger partial charge < -0.3 is 4.74 Å². The van der Waals surface area contributed by atoms with Crippen LogP contribution in [0.3, 0.4) is 0 Å². The minimum atomic E-state index is -3.53. The van der Waals surface area contributed by atoms with Gasteiger partial charge in [-0.15, -0.1) is 0 Å². The molecule has 0 spiro atoms. The summed E-state index contributed by atoms with van der Waals surface area (Å²) >= 11 is 6.11. The second-order valence-corrected chi connectivity index (χ2v) is 9.05. The molecule has 6 heteroatoms. The van der Waals surface area contributed by atoms with Gasteiger partial charge in [0.1, 0.15) is 0 Å². The van der Waals surface area contributed by atoms with Crippen molar-refractivity contribution in [1.82, 2.24) is 4.31 Å². The van der Waals surface area contributed by atoms with E-state index in [-0.39, 0.29) is 5.92 Å². The lowest BCUT2D eigenvalue weighted by atomic mass is 10.0. The number of nitrogens with zero attached hydrogens (tertiary/aromatic N) is 1. The standard InChI is InChI=1S/C20H24ClNO3S/c1-16-19(21)10-5-11-20(16)26(23,24)22-12-6-9-18(13-22)15-25-14-17-7-3-2-4-8-17/h2-5,7-8,10-11,18H,6,9,12-15H2,1H3. The highest BCUT2D eigenvalue weighted by Crippen LogP contribution is 2.28. The van der Waals surface area contributed by atoms with Crippen LogP contribution in [0, 0.1) is 12.8 Å². The van der Waals surface area contributed by atoms with E-state index in [1.807, 2.05) is 30.3 Å². The van der Waals surface area contributed by atoms with Gasteiger partial charge >= 0.3 is 0 Å². The van der Waals surface area contributed by atoms with Crippen molar-refractivity contribution in [2.45, 2.75) is 31.3 Å². The van der Waals surface area contributed by atoms with Gasteiger partial charge in [0.15, 0.2) is 0 Å². The maximum atomic E-state index is 13.0. The zero-order chi connectivity index (χ0) is 18.6. The average molecular weight is 394 g/mol. The van der Waals surface area contributed by atoms with Crippen LogP contribution in [0.15, 0.2) is 53.4 Å². The minimum absolute atomic E-state index is 0.210. The number of ether oxygens (including phenoxy) is 1. The molecule has 1 heterocycles. The Bertz CT molecular complexity index is 839. The van der Waals surface area contributed by atoms with Crippen LogP contribution in [0.1, 0.15) is 24.0 Å². The highest BCUT2D eigenvalue weighted by Gasteiger charge is 2.31. The van der Waals surface area contributed by atoms with Crippen molar-refractivity contribution in [3.63, 3.8) is 0 Å². The van der Waals surface area contributed by atoms with Gasteiger partial charge in [0.2, 0.25) is 10.0 Å². The summed E-state index contributed by atoms with van der Waals surface area (Å²) in [6.07, 6.45) is 1.83. The van der Waals surface area contributed by atoms with Gasteiger partial charge in [-0.1, -0.05) is 48.0 Å². The van der Waals surface area contributed by atoms with Crippen LogP contribution >= 0.6 is 11.6 Å². The van der Waals surface area contributed by atoms with Gasteiger partial charge in [0, 0.05) is 18.1 Å². The van der Waals surface area contributed by atoms with Gasteiger partial charge in [-0.25, -0.2) is 8.42 Å². The van der Waals surface area contributed by atoms with E-state index in [0.717, 1.165) is 18.4 Å². The fraction of sp³-hybridized carbons (Fsp3) is 0.400. The summed E-state index contributed by atoms with van der Waals surface area (Å²) in [6.45, 7) is 3.90. The normalized spacial score (nSPS) is 18.8. The summed E-state index contributed by atoms with van der Waals surface area (Å²) in [6, 6.07) is 15.0. The first-order valence-corrected chi connectivity index (χ1v) is 10.7. The Balaban J connectivity index is 1.63.